The zero-order valence-corrected chi connectivity index (χ0v) is 22.2. The van der Waals surface area contributed by atoms with E-state index in [0.29, 0.717) is 5.56 Å². The molecule has 0 amide bonds. The van der Waals surface area contributed by atoms with Gasteiger partial charge >= 0.3 is 0 Å². The summed E-state index contributed by atoms with van der Waals surface area (Å²) < 4.78 is 0. The monoisotopic (exact) mass is 532 g/mol. The summed E-state index contributed by atoms with van der Waals surface area (Å²) in [6.07, 6.45) is 2.47. The molecule has 0 saturated carbocycles. The van der Waals surface area contributed by atoms with Gasteiger partial charge in [0, 0.05) is 11.0 Å². The molecule has 0 heterocycles. The van der Waals surface area contributed by atoms with Gasteiger partial charge in [-0.3, -0.25) is 39.4 Å². The standard InChI is InChI=1S/C13H15NO4.C8H7NO2.C5H8O2.H2S/c1-9(15)13(10(2)16)12(8-14(17)18)11-6-4-3-5-7-11;10-9(11)7-6-8-4-2-1-3-5-8;1-4(6)3-5(2)7;/h3-7,12-13H,8H2,1-2H3;1-7H;3H2,1-2H3;1H2/b;7-6+;;/t12-;;;/m0.../s1. The molecule has 37 heavy (non-hydrogen) atoms. The molecule has 0 N–H and O–H groups in total. The van der Waals surface area contributed by atoms with Gasteiger partial charge in [0.15, 0.2) is 0 Å². The molecular weight excluding hydrogens is 500 g/mol. The lowest BCUT2D eigenvalue weighted by Gasteiger charge is -2.20. The number of carbonyl (C=O) groups is 4. The predicted molar refractivity (Wildman–Crippen MR) is 145 cm³/mol. The van der Waals surface area contributed by atoms with Crippen molar-refractivity contribution in [2.45, 2.75) is 40.0 Å². The molecular formula is C26H32N2O8S. The summed E-state index contributed by atoms with van der Waals surface area (Å²) in [5.74, 6) is -2.44. The van der Waals surface area contributed by atoms with Gasteiger partial charge < -0.3 is 0 Å². The summed E-state index contributed by atoms with van der Waals surface area (Å²) in [7, 11) is 0. The molecule has 0 aromatic heterocycles. The number of hydrogen-bond donors (Lipinski definition) is 0. The van der Waals surface area contributed by atoms with Crippen LogP contribution in [-0.4, -0.2) is 39.5 Å². The smallest absolute Gasteiger partial charge is 0.235 e. The third-order valence-corrected chi connectivity index (χ3v) is 4.54. The molecule has 0 radical (unpaired) electrons. The van der Waals surface area contributed by atoms with Crippen LogP contribution in [0.4, 0.5) is 0 Å². The van der Waals surface area contributed by atoms with E-state index in [2.05, 4.69) is 0 Å². The van der Waals surface area contributed by atoms with Crippen molar-refractivity contribution in [2.75, 3.05) is 6.54 Å². The second kappa shape index (κ2) is 19.2. The molecule has 0 aliphatic heterocycles. The third-order valence-electron chi connectivity index (χ3n) is 4.54. The molecule has 11 heteroatoms. The second-order valence-electron chi connectivity index (χ2n) is 7.82. The minimum atomic E-state index is -0.946. The van der Waals surface area contributed by atoms with Gasteiger partial charge in [0.05, 0.1) is 23.2 Å². The van der Waals surface area contributed by atoms with Gasteiger partial charge in [-0.1, -0.05) is 60.7 Å². The van der Waals surface area contributed by atoms with E-state index < -0.39 is 28.2 Å². The molecule has 200 valence electrons. The summed E-state index contributed by atoms with van der Waals surface area (Å²) in [4.78, 5) is 62.8. The summed E-state index contributed by atoms with van der Waals surface area (Å²) in [6.45, 7) is 4.97. The fourth-order valence-corrected chi connectivity index (χ4v) is 3.18. The van der Waals surface area contributed by atoms with Crippen molar-refractivity contribution in [3.05, 3.63) is 98.2 Å². The average Bonchev–Trinajstić information content (AvgIpc) is 2.78. The first-order valence-corrected chi connectivity index (χ1v) is 10.9. The van der Waals surface area contributed by atoms with Crippen molar-refractivity contribution in [2.24, 2.45) is 5.92 Å². The van der Waals surface area contributed by atoms with Crippen LogP contribution in [0.1, 0.15) is 51.2 Å². The Bertz CT molecular complexity index is 1050. The van der Waals surface area contributed by atoms with E-state index in [1.165, 1.54) is 33.8 Å². The average molecular weight is 533 g/mol. The molecule has 2 rings (SSSR count). The minimum Gasteiger partial charge on any atom is -0.300 e. The Balaban J connectivity index is 0. The van der Waals surface area contributed by atoms with Crippen LogP contribution in [0.25, 0.3) is 6.08 Å². The normalized spacial score (nSPS) is 10.5. The number of hydrogen-bond acceptors (Lipinski definition) is 8. The van der Waals surface area contributed by atoms with E-state index in [0.717, 1.165) is 11.8 Å². The molecule has 0 aliphatic carbocycles. The largest absolute Gasteiger partial charge is 0.300 e. The van der Waals surface area contributed by atoms with Gasteiger partial charge in [0.2, 0.25) is 12.7 Å². The topological polar surface area (TPSA) is 155 Å². The number of rotatable bonds is 10. The van der Waals surface area contributed by atoms with Crippen LogP contribution in [0.5, 0.6) is 0 Å². The lowest BCUT2D eigenvalue weighted by Crippen LogP contribution is -2.31. The van der Waals surface area contributed by atoms with Gasteiger partial charge in [0.1, 0.15) is 23.1 Å². The van der Waals surface area contributed by atoms with Gasteiger partial charge in [-0.25, -0.2) is 0 Å². The van der Waals surface area contributed by atoms with Crippen LogP contribution in [0.3, 0.4) is 0 Å². The number of benzene rings is 2. The van der Waals surface area contributed by atoms with Crippen LogP contribution in [0.15, 0.2) is 66.9 Å². The van der Waals surface area contributed by atoms with Crippen molar-refractivity contribution in [3.8, 4) is 0 Å². The molecule has 0 aliphatic rings. The van der Waals surface area contributed by atoms with E-state index in [1.54, 1.807) is 42.5 Å². The summed E-state index contributed by atoms with van der Waals surface area (Å²) in [6, 6.07) is 17.8. The van der Waals surface area contributed by atoms with E-state index in [4.69, 9.17) is 0 Å². The van der Waals surface area contributed by atoms with Crippen LogP contribution >= 0.6 is 13.5 Å². The first-order valence-electron chi connectivity index (χ1n) is 10.9. The molecule has 0 saturated heterocycles. The molecule has 1 atom stereocenters. The van der Waals surface area contributed by atoms with Crippen molar-refractivity contribution in [1.29, 1.82) is 0 Å². The lowest BCUT2D eigenvalue weighted by molar-refractivity contribution is -0.484. The number of ketones is 4. The van der Waals surface area contributed by atoms with Crippen molar-refractivity contribution in [3.63, 3.8) is 0 Å². The Morgan fingerprint density at radius 3 is 1.54 bits per heavy atom. The van der Waals surface area contributed by atoms with Gasteiger partial charge in [-0.2, -0.15) is 13.5 Å². The molecule has 0 fully saturated rings. The Morgan fingerprint density at radius 1 is 0.784 bits per heavy atom. The second-order valence-corrected chi connectivity index (χ2v) is 7.82. The SMILES string of the molecule is CC(=O)C(C(C)=O)[C@@H](C[N+](=O)[O-])c1ccccc1.CC(=O)CC(C)=O.O=[N+]([O-])/C=C/c1ccccc1.S. The molecule has 10 nitrogen and oxygen atoms in total. The van der Waals surface area contributed by atoms with E-state index in [-0.39, 0.29) is 43.0 Å². The fraction of sp³-hybridized carbons (Fsp3) is 0.308. The van der Waals surface area contributed by atoms with Crippen LogP contribution in [0, 0.1) is 26.1 Å². The fourth-order valence-electron chi connectivity index (χ4n) is 3.18. The molecule has 2 aromatic carbocycles. The van der Waals surface area contributed by atoms with Gasteiger partial charge in [-0.05, 0) is 38.8 Å². The Hall–Kier alpha value is -3.99. The third kappa shape index (κ3) is 17.1. The molecule has 2 aromatic rings. The number of carbonyl (C=O) groups excluding carboxylic acids is 4. The number of nitrogens with zero attached hydrogens (tertiary/aromatic N) is 2. The van der Waals surface area contributed by atoms with E-state index in [9.17, 15) is 39.4 Å². The van der Waals surface area contributed by atoms with E-state index >= 15 is 0 Å². The molecule has 0 spiro atoms. The van der Waals surface area contributed by atoms with Gasteiger partial charge in [0.25, 0.3) is 0 Å². The van der Waals surface area contributed by atoms with Crippen LogP contribution in [0.2, 0.25) is 0 Å². The zero-order chi connectivity index (χ0) is 27.7. The Morgan fingerprint density at radius 2 is 1.22 bits per heavy atom. The minimum absolute atomic E-state index is 0. The maximum absolute atomic E-state index is 11.5. The zero-order valence-electron chi connectivity index (χ0n) is 21.2. The van der Waals surface area contributed by atoms with Crippen molar-refractivity contribution < 1.29 is 29.0 Å². The number of Topliss-reactive ketones (excluding diaryl/α,β-unsaturated/α-hetero) is 4. The highest BCUT2D eigenvalue weighted by atomic mass is 32.1. The van der Waals surface area contributed by atoms with Crippen LogP contribution < -0.4 is 0 Å². The summed E-state index contributed by atoms with van der Waals surface area (Å²) in [5.41, 5.74) is 1.48. The Labute approximate surface area is 222 Å². The number of nitro groups is 2. The highest BCUT2D eigenvalue weighted by Gasteiger charge is 2.34. The van der Waals surface area contributed by atoms with Crippen molar-refractivity contribution >= 4 is 42.7 Å². The first-order chi connectivity index (χ1) is 16.8. The molecule has 0 unspecified atom stereocenters. The Kier molecular flexibility index (Phi) is 18.3. The summed E-state index contributed by atoms with van der Waals surface area (Å²) >= 11 is 0. The predicted octanol–water partition coefficient (Wildman–Crippen LogP) is 4.44. The van der Waals surface area contributed by atoms with E-state index in [1.807, 2.05) is 18.2 Å². The first kappa shape index (κ1) is 35.2. The van der Waals surface area contributed by atoms with Gasteiger partial charge in [-0.15, -0.1) is 0 Å². The van der Waals surface area contributed by atoms with Crippen LogP contribution in [-0.2, 0) is 19.2 Å². The quantitative estimate of drug-likeness (QED) is 0.247. The summed E-state index contributed by atoms with van der Waals surface area (Å²) in [5, 5.41) is 20.6. The maximum Gasteiger partial charge on any atom is 0.235 e. The maximum atomic E-state index is 11.5. The molecule has 0 bridgehead atoms. The highest BCUT2D eigenvalue weighted by Crippen LogP contribution is 2.26. The lowest BCUT2D eigenvalue weighted by atomic mass is 9.81. The van der Waals surface area contributed by atoms with Crippen molar-refractivity contribution in [1.82, 2.24) is 0 Å². The highest BCUT2D eigenvalue weighted by molar-refractivity contribution is 7.59.